The van der Waals surface area contributed by atoms with Crippen LogP contribution in [0.4, 0.5) is 0 Å². The fourth-order valence-corrected chi connectivity index (χ4v) is 8.11. The minimum absolute atomic E-state index is 0.307. The number of amides is 1. The first-order valence-corrected chi connectivity index (χ1v) is 20.7. The van der Waals surface area contributed by atoms with Gasteiger partial charge in [0.2, 0.25) is 17.5 Å². The number of carboxylic acid groups (broad SMARTS) is 2. The molecule has 1 saturated carbocycles. The molecule has 1 saturated heterocycles. The molecule has 0 bridgehead atoms. The standard InChI is InChI=1S/C30H42N2O2.C18H14O8/c1-3-31(23-26-18-20-32(21-19-26)30(33)27-10-6-4-7-11-27)24(2)22-25-14-16-29(17-15-25)34-28-12-8-5-9-13-28;19-13(11-7-3-1-4-8-11)17(25,15(21)22)18(26,16(23)24)14(20)12-9-5-2-6-10-12/h5,8-9,12-17,24,26-27H,3-4,6-7,10-11,18-23H2,1-2H3;1-10,25-26H,(H,21,22)(H,23,24). The summed E-state index contributed by atoms with van der Waals surface area (Å²) in [5, 5.41) is 39.9. The molecule has 12 nitrogen and oxygen atoms in total. The molecule has 1 aliphatic carbocycles. The number of piperidine rings is 1. The van der Waals surface area contributed by atoms with Crippen LogP contribution in [0.3, 0.4) is 0 Å². The maximum Gasteiger partial charge on any atom is 0.348 e. The first-order chi connectivity index (χ1) is 28.8. The number of aliphatic hydroxyl groups is 2. The van der Waals surface area contributed by atoms with Crippen molar-refractivity contribution in [3.05, 3.63) is 132 Å². The van der Waals surface area contributed by atoms with Crippen molar-refractivity contribution in [3.63, 3.8) is 0 Å². The SMILES string of the molecule is CCN(CC1CCN(C(=O)C2CCCCC2)CC1)C(C)Cc1ccc(Oc2ccccc2)cc1.O=C(O)C(O)(C(=O)c1ccccc1)C(O)(C(=O)O)C(=O)c1ccccc1. The van der Waals surface area contributed by atoms with Crippen molar-refractivity contribution in [2.45, 2.75) is 82.5 Å². The van der Waals surface area contributed by atoms with Gasteiger partial charge in [-0.1, -0.05) is 117 Å². The van der Waals surface area contributed by atoms with Crippen LogP contribution in [-0.2, 0) is 20.8 Å². The molecule has 2 aliphatic rings. The minimum Gasteiger partial charge on any atom is -0.479 e. The molecule has 4 aromatic carbocycles. The lowest BCUT2D eigenvalue weighted by Crippen LogP contribution is -2.71. The van der Waals surface area contributed by atoms with E-state index in [0.717, 1.165) is 94.0 Å². The van der Waals surface area contributed by atoms with Crippen molar-refractivity contribution < 1.29 is 49.1 Å². The van der Waals surface area contributed by atoms with Gasteiger partial charge in [0.15, 0.2) is 0 Å². The predicted molar refractivity (Wildman–Crippen MR) is 226 cm³/mol. The van der Waals surface area contributed by atoms with Crippen LogP contribution in [0.25, 0.3) is 0 Å². The Labute approximate surface area is 351 Å². The van der Waals surface area contributed by atoms with Gasteiger partial charge >= 0.3 is 11.9 Å². The van der Waals surface area contributed by atoms with E-state index < -0.39 is 45.8 Å². The molecule has 1 heterocycles. The number of ether oxygens (including phenoxy) is 1. The summed E-state index contributed by atoms with van der Waals surface area (Å²) < 4.78 is 5.93. The highest BCUT2D eigenvalue weighted by atomic mass is 16.5. The lowest BCUT2D eigenvalue weighted by atomic mass is 9.73. The number of carbonyl (C=O) groups is 5. The monoisotopic (exact) mass is 820 g/mol. The molecular formula is C48H56N2O10. The van der Waals surface area contributed by atoms with Crippen LogP contribution in [0.15, 0.2) is 115 Å². The molecule has 4 aromatic rings. The zero-order valence-electron chi connectivity index (χ0n) is 34.3. The van der Waals surface area contributed by atoms with Gasteiger partial charge in [0, 0.05) is 42.7 Å². The average molecular weight is 821 g/mol. The third kappa shape index (κ3) is 10.7. The van der Waals surface area contributed by atoms with Gasteiger partial charge in [0.1, 0.15) is 11.5 Å². The van der Waals surface area contributed by atoms with E-state index in [-0.39, 0.29) is 0 Å². The number of nitrogens with zero attached hydrogens (tertiary/aromatic N) is 2. The molecule has 3 atom stereocenters. The highest BCUT2D eigenvalue weighted by Crippen LogP contribution is 2.32. The summed E-state index contributed by atoms with van der Waals surface area (Å²) in [4.78, 5) is 66.2. The van der Waals surface area contributed by atoms with Crippen LogP contribution in [0.2, 0.25) is 0 Å². The predicted octanol–water partition coefficient (Wildman–Crippen LogP) is 6.93. The number of carboxylic acids is 2. The molecule has 0 aromatic heterocycles. The van der Waals surface area contributed by atoms with Crippen LogP contribution in [0.1, 0.15) is 85.1 Å². The Balaban J connectivity index is 0.000000237. The van der Waals surface area contributed by atoms with Crippen LogP contribution in [-0.4, -0.2) is 103 Å². The van der Waals surface area contributed by atoms with Gasteiger partial charge in [-0.2, -0.15) is 0 Å². The third-order valence-corrected chi connectivity index (χ3v) is 11.7. The number of likely N-dealkylation sites (N-methyl/N-ethyl adjacent to an activating group) is 1. The lowest BCUT2D eigenvalue weighted by Gasteiger charge is -2.38. The summed E-state index contributed by atoms with van der Waals surface area (Å²) in [7, 11) is 0. The van der Waals surface area contributed by atoms with Gasteiger partial charge in [0.25, 0.3) is 11.2 Å². The highest BCUT2D eigenvalue weighted by Gasteiger charge is 2.69. The van der Waals surface area contributed by atoms with Gasteiger partial charge < -0.3 is 35.0 Å². The summed E-state index contributed by atoms with van der Waals surface area (Å²) in [6.07, 6.45) is 9.33. The second kappa shape index (κ2) is 21.0. The topological polar surface area (TPSA) is 182 Å². The highest BCUT2D eigenvalue weighted by molar-refractivity contribution is 6.28. The van der Waals surface area contributed by atoms with Crippen molar-refractivity contribution in [2.75, 3.05) is 26.2 Å². The van der Waals surface area contributed by atoms with Gasteiger partial charge in [-0.25, -0.2) is 9.59 Å². The number of likely N-dealkylation sites (tertiary alicyclic amines) is 1. The third-order valence-electron chi connectivity index (χ3n) is 11.7. The molecule has 4 N–H and O–H groups in total. The normalized spacial score (nSPS) is 17.2. The van der Waals surface area contributed by atoms with E-state index in [1.165, 1.54) is 61.2 Å². The Morgan fingerprint density at radius 2 is 1.12 bits per heavy atom. The van der Waals surface area contributed by atoms with Crippen molar-refractivity contribution in [3.8, 4) is 11.5 Å². The number of para-hydroxylation sites is 1. The molecular weight excluding hydrogens is 765 g/mol. The van der Waals surface area contributed by atoms with Crippen molar-refractivity contribution >= 4 is 29.4 Å². The van der Waals surface area contributed by atoms with E-state index in [4.69, 9.17) is 4.74 Å². The van der Waals surface area contributed by atoms with Crippen molar-refractivity contribution in [1.29, 1.82) is 0 Å². The van der Waals surface area contributed by atoms with Crippen LogP contribution >= 0.6 is 0 Å². The Morgan fingerprint density at radius 1 is 0.667 bits per heavy atom. The smallest absolute Gasteiger partial charge is 0.348 e. The number of Topliss-reactive ketones (excluding diaryl/α,β-unsaturated/α-hetero) is 2. The zero-order chi connectivity index (χ0) is 43.3. The van der Waals surface area contributed by atoms with E-state index in [1.807, 2.05) is 30.3 Å². The summed E-state index contributed by atoms with van der Waals surface area (Å²) in [6.45, 7) is 8.73. The Morgan fingerprint density at radius 3 is 1.57 bits per heavy atom. The molecule has 3 unspecified atom stereocenters. The number of benzene rings is 4. The quantitative estimate of drug-likeness (QED) is 0.0680. The maximum atomic E-state index is 12.9. The van der Waals surface area contributed by atoms with Gasteiger partial charge in [0.05, 0.1) is 0 Å². The molecule has 0 radical (unpaired) electrons. The number of hydrogen-bond donors (Lipinski definition) is 4. The molecule has 60 heavy (non-hydrogen) atoms. The molecule has 1 aliphatic heterocycles. The lowest BCUT2D eigenvalue weighted by molar-refractivity contribution is -0.187. The fourth-order valence-electron chi connectivity index (χ4n) is 8.11. The number of carbonyl (C=O) groups excluding carboxylic acids is 3. The van der Waals surface area contributed by atoms with E-state index >= 15 is 0 Å². The fraction of sp³-hybridized carbons (Fsp3) is 0.396. The number of ketones is 2. The summed E-state index contributed by atoms with van der Waals surface area (Å²) in [6, 6.07) is 31.8. The second-order valence-corrected chi connectivity index (χ2v) is 15.7. The van der Waals surface area contributed by atoms with Gasteiger partial charge in [-0.3, -0.25) is 14.4 Å². The first kappa shape index (κ1) is 45.4. The van der Waals surface area contributed by atoms with Gasteiger partial charge in [-0.05, 0) is 81.3 Å². The molecule has 1 amide bonds. The molecule has 0 spiro atoms. The van der Waals surface area contributed by atoms with Gasteiger partial charge in [-0.15, -0.1) is 0 Å². The van der Waals surface area contributed by atoms with Crippen LogP contribution in [0, 0.1) is 11.8 Å². The average Bonchev–Trinajstić information content (AvgIpc) is 3.29. The first-order valence-electron chi connectivity index (χ1n) is 20.7. The maximum absolute atomic E-state index is 12.9. The number of rotatable bonds is 16. The largest absolute Gasteiger partial charge is 0.479 e. The van der Waals surface area contributed by atoms with Crippen LogP contribution < -0.4 is 4.74 Å². The Bertz CT molecular complexity index is 1960. The van der Waals surface area contributed by atoms with E-state index in [9.17, 15) is 44.4 Å². The van der Waals surface area contributed by atoms with E-state index in [2.05, 4.69) is 47.9 Å². The van der Waals surface area contributed by atoms with E-state index in [1.54, 1.807) is 0 Å². The van der Waals surface area contributed by atoms with Crippen molar-refractivity contribution in [2.24, 2.45) is 11.8 Å². The molecule has 2 fully saturated rings. The van der Waals surface area contributed by atoms with Crippen molar-refractivity contribution in [1.82, 2.24) is 9.80 Å². The summed E-state index contributed by atoms with van der Waals surface area (Å²) in [5.41, 5.74) is -7.34. The second-order valence-electron chi connectivity index (χ2n) is 15.7. The minimum atomic E-state index is -3.95. The van der Waals surface area contributed by atoms with Crippen LogP contribution in [0.5, 0.6) is 11.5 Å². The zero-order valence-corrected chi connectivity index (χ0v) is 34.3. The molecule has 318 valence electrons. The number of hydrogen-bond acceptors (Lipinski definition) is 9. The molecule has 6 rings (SSSR count). The number of aliphatic carboxylic acids is 2. The molecule has 12 heteroatoms. The Kier molecular flexibility index (Phi) is 15.9. The Hall–Kier alpha value is -5.69. The van der Waals surface area contributed by atoms with E-state index in [0.29, 0.717) is 23.8 Å². The summed E-state index contributed by atoms with van der Waals surface area (Å²) >= 11 is 0. The summed E-state index contributed by atoms with van der Waals surface area (Å²) in [5.74, 6) is -4.84.